The van der Waals surface area contributed by atoms with Crippen LogP contribution in [-0.4, -0.2) is 42.7 Å². The lowest BCUT2D eigenvalue weighted by atomic mass is 10.0. The number of piperazine rings is 1. The molecule has 0 bridgehead atoms. The Morgan fingerprint density at radius 2 is 1.67 bits per heavy atom. The largest absolute Gasteiger partial charge is 0.354 e. The van der Waals surface area contributed by atoms with Crippen LogP contribution in [0.15, 0.2) is 24.3 Å². The first-order valence-electron chi connectivity index (χ1n) is 8.85. The highest BCUT2D eigenvalue weighted by atomic mass is 15.3. The van der Waals surface area contributed by atoms with Crippen LogP contribution in [0.1, 0.15) is 22.4 Å². The molecule has 1 saturated heterocycles. The number of anilines is 2. The van der Waals surface area contributed by atoms with Crippen LogP contribution in [0.4, 0.5) is 11.8 Å². The van der Waals surface area contributed by atoms with Gasteiger partial charge in [-0.3, -0.25) is 0 Å². The molecule has 3 heterocycles. The molecule has 2 aliphatic rings. The molecule has 0 amide bonds. The molecule has 1 N–H and O–H groups in total. The average Bonchev–Trinajstić information content (AvgIpc) is 2.64. The molecule has 0 aliphatic carbocycles. The Hall–Kier alpha value is -2.14. The normalized spacial score (nSPS) is 17.8. The Bertz CT molecular complexity index is 737. The van der Waals surface area contributed by atoms with Gasteiger partial charge in [0.1, 0.15) is 5.82 Å². The summed E-state index contributed by atoms with van der Waals surface area (Å²) in [4.78, 5) is 14.5. The number of hydrogen-bond donors (Lipinski definition) is 1. The van der Waals surface area contributed by atoms with Gasteiger partial charge in [0.25, 0.3) is 0 Å². The summed E-state index contributed by atoms with van der Waals surface area (Å²) in [5.41, 5.74) is 5.15. The fourth-order valence-electron chi connectivity index (χ4n) is 3.59. The molecule has 0 radical (unpaired) electrons. The molecule has 126 valence electrons. The molecule has 2 aliphatic heterocycles. The maximum atomic E-state index is 4.97. The van der Waals surface area contributed by atoms with E-state index in [9.17, 15) is 0 Å². The third-order valence-corrected chi connectivity index (χ3v) is 5.18. The summed E-state index contributed by atoms with van der Waals surface area (Å²) in [6.07, 6.45) is 1.06. The van der Waals surface area contributed by atoms with E-state index in [1.165, 1.54) is 16.7 Å². The maximum Gasteiger partial charge on any atom is 0.227 e. The van der Waals surface area contributed by atoms with E-state index in [0.29, 0.717) is 0 Å². The van der Waals surface area contributed by atoms with Crippen LogP contribution in [0.5, 0.6) is 0 Å². The number of aromatic nitrogens is 2. The lowest BCUT2D eigenvalue weighted by molar-refractivity contribution is 0.582. The zero-order chi connectivity index (χ0) is 16.5. The molecule has 2 aromatic rings. The minimum atomic E-state index is 0.876. The second-order valence-electron chi connectivity index (χ2n) is 6.73. The van der Waals surface area contributed by atoms with Crippen molar-refractivity contribution in [3.05, 3.63) is 46.6 Å². The number of fused-ring (bicyclic) bond motifs is 1. The van der Waals surface area contributed by atoms with Gasteiger partial charge < -0.3 is 15.1 Å². The number of nitrogens with one attached hydrogen (secondary N) is 1. The predicted molar refractivity (Wildman–Crippen MR) is 97.8 cm³/mol. The van der Waals surface area contributed by atoms with Gasteiger partial charge in [-0.05, 0) is 31.4 Å². The summed E-state index contributed by atoms with van der Waals surface area (Å²) in [6, 6.07) is 8.71. The zero-order valence-electron chi connectivity index (χ0n) is 14.5. The van der Waals surface area contributed by atoms with Crippen molar-refractivity contribution >= 4 is 11.8 Å². The van der Waals surface area contributed by atoms with Gasteiger partial charge >= 0.3 is 0 Å². The minimum absolute atomic E-state index is 0.876. The zero-order valence-corrected chi connectivity index (χ0v) is 14.5. The third kappa shape index (κ3) is 2.84. The lowest BCUT2D eigenvalue weighted by Crippen LogP contribution is -2.44. The Morgan fingerprint density at radius 1 is 0.917 bits per heavy atom. The van der Waals surface area contributed by atoms with Gasteiger partial charge in [0.05, 0.1) is 0 Å². The summed E-state index contributed by atoms with van der Waals surface area (Å²) in [7, 11) is 0. The quantitative estimate of drug-likeness (QED) is 0.916. The predicted octanol–water partition coefficient (Wildman–Crippen LogP) is 2.07. The Morgan fingerprint density at radius 3 is 2.46 bits per heavy atom. The molecular weight excluding hydrogens is 298 g/mol. The number of rotatable bonds is 2. The Kier molecular flexibility index (Phi) is 4.10. The molecular formula is C19H25N5. The highest BCUT2D eigenvalue weighted by Gasteiger charge is 2.22. The fraction of sp³-hybridized carbons (Fsp3) is 0.474. The van der Waals surface area contributed by atoms with E-state index in [2.05, 4.69) is 53.2 Å². The van der Waals surface area contributed by atoms with Crippen LogP contribution in [0.3, 0.4) is 0 Å². The first-order chi connectivity index (χ1) is 11.7. The van der Waals surface area contributed by atoms with Crippen LogP contribution in [0, 0.1) is 13.8 Å². The van der Waals surface area contributed by atoms with Crippen LogP contribution >= 0.6 is 0 Å². The summed E-state index contributed by atoms with van der Waals surface area (Å²) in [5, 5.41) is 3.41. The van der Waals surface area contributed by atoms with E-state index in [-0.39, 0.29) is 0 Å². The highest BCUT2D eigenvalue weighted by molar-refractivity contribution is 5.53. The van der Waals surface area contributed by atoms with E-state index in [1.54, 1.807) is 0 Å². The first-order valence-corrected chi connectivity index (χ1v) is 8.85. The number of aryl methyl sites for hydroxylation is 1. The number of hydrogen-bond acceptors (Lipinski definition) is 5. The van der Waals surface area contributed by atoms with E-state index in [0.717, 1.165) is 63.1 Å². The van der Waals surface area contributed by atoms with E-state index in [4.69, 9.17) is 9.97 Å². The van der Waals surface area contributed by atoms with Gasteiger partial charge in [0, 0.05) is 50.5 Å². The molecule has 24 heavy (non-hydrogen) atoms. The summed E-state index contributed by atoms with van der Waals surface area (Å²) in [6.45, 7) is 10.2. The fourth-order valence-corrected chi connectivity index (χ4v) is 3.59. The highest BCUT2D eigenvalue weighted by Crippen LogP contribution is 2.27. The average molecular weight is 323 g/mol. The standard InChI is InChI=1S/C19H25N5/c1-14-15(2)21-19(22-18(14)23-11-8-20-9-12-23)24-10-7-16-5-3-4-6-17(16)13-24/h3-6,20H,7-13H2,1-2H3. The van der Waals surface area contributed by atoms with Gasteiger partial charge in [-0.25, -0.2) is 4.98 Å². The molecule has 0 atom stereocenters. The van der Waals surface area contributed by atoms with Gasteiger partial charge in [-0.2, -0.15) is 4.98 Å². The van der Waals surface area contributed by atoms with E-state index < -0.39 is 0 Å². The van der Waals surface area contributed by atoms with Crippen molar-refractivity contribution in [1.82, 2.24) is 15.3 Å². The Labute approximate surface area is 143 Å². The van der Waals surface area contributed by atoms with Crippen LogP contribution in [-0.2, 0) is 13.0 Å². The summed E-state index contributed by atoms with van der Waals surface area (Å²) >= 11 is 0. The van der Waals surface area contributed by atoms with Crippen LogP contribution in [0.2, 0.25) is 0 Å². The first kappa shape index (κ1) is 15.4. The maximum absolute atomic E-state index is 4.97. The van der Waals surface area contributed by atoms with Crippen molar-refractivity contribution in [1.29, 1.82) is 0 Å². The molecule has 1 aromatic heterocycles. The van der Waals surface area contributed by atoms with Crippen LogP contribution in [0.25, 0.3) is 0 Å². The molecule has 0 spiro atoms. The van der Waals surface area contributed by atoms with Crippen LogP contribution < -0.4 is 15.1 Å². The number of nitrogens with zero attached hydrogens (tertiary/aromatic N) is 4. The monoisotopic (exact) mass is 323 g/mol. The summed E-state index contributed by atoms with van der Waals surface area (Å²) in [5.74, 6) is 1.99. The van der Waals surface area contributed by atoms with Gasteiger partial charge in [0.15, 0.2) is 0 Å². The van der Waals surface area contributed by atoms with Crippen molar-refractivity contribution in [2.45, 2.75) is 26.8 Å². The Balaban J connectivity index is 1.65. The molecule has 4 rings (SSSR count). The van der Waals surface area contributed by atoms with Crippen molar-refractivity contribution in [3.63, 3.8) is 0 Å². The molecule has 5 nitrogen and oxygen atoms in total. The topological polar surface area (TPSA) is 44.3 Å². The van der Waals surface area contributed by atoms with Gasteiger partial charge in [0.2, 0.25) is 5.95 Å². The van der Waals surface area contributed by atoms with Crippen molar-refractivity contribution in [2.24, 2.45) is 0 Å². The third-order valence-electron chi connectivity index (χ3n) is 5.18. The SMILES string of the molecule is Cc1nc(N2CCc3ccccc3C2)nc(N2CCNCC2)c1C. The number of benzene rings is 1. The van der Waals surface area contributed by atoms with Crippen molar-refractivity contribution in [2.75, 3.05) is 42.5 Å². The molecule has 1 fully saturated rings. The smallest absolute Gasteiger partial charge is 0.227 e. The van der Waals surface area contributed by atoms with E-state index in [1.807, 2.05) is 0 Å². The van der Waals surface area contributed by atoms with Gasteiger partial charge in [-0.15, -0.1) is 0 Å². The molecule has 0 saturated carbocycles. The molecule has 0 unspecified atom stereocenters. The second-order valence-corrected chi connectivity index (χ2v) is 6.73. The molecule has 1 aromatic carbocycles. The van der Waals surface area contributed by atoms with E-state index >= 15 is 0 Å². The summed E-state index contributed by atoms with van der Waals surface area (Å²) < 4.78 is 0. The lowest BCUT2D eigenvalue weighted by Gasteiger charge is -2.33. The minimum Gasteiger partial charge on any atom is -0.354 e. The van der Waals surface area contributed by atoms with Gasteiger partial charge in [-0.1, -0.05) is 24.3 Å². The molecule has 5 heteroatoms. The van der Waals surface area contributed by atoms with Crippen molar-refractivity contribution < 1.29 is 0 Å². The van der Waals surface area contributed by atoms with Crippen molar-refractivity contribution in [3.8, 4) is 0 Å². The second kappa shape index (κ2) is 6.40.